The molecule has 1 spiro atoms. The SMILES string of the molecule is CC(C)N(C)CC1CC2(CCNC2)CO1. The third kappa shape index (κ3) is 2.52. The lowest BCUT2D eigenvalue weighted by atomic mass is 9.85. The lowest BCUT2D eigenvalue weighted by Crippen LogP contribution is -2.34. The standard InChI is InChI=1S/C12H24N2O/c1-10(2)14(3)7-11-6-12(9-15-11)4-5-13-8-12/h10-11,13H,4-9H2,1-3H3. The highest BCUT2D eigenvalue weighted by Crippen LogP contribution is 2.38. The molecular weight excluding hydrogens is 188 g/mol. The third-order valence-electron chi connectivity index (χ3n) is 3.99. The molecule has 0 aromatic heterocycles. The molecule has 2 unspecified atom stereocenters. The van der Waals surface area contributed by atoms with Crippen molar-refractivity contribution in [3.8, 4) is 0 Å². The van der Waals surface area contributed by atoms with Gasteiger partial charge in [0.1, 0.15) is 0 Å². The van der Waals surface area contributed by atoms with Crippen molar-refractivity contribution in [2.75, 3.05) is 33.3 Å². The molecule has 2 fully saturated rings. The second-order valence-electron chi connectivity index (χ2n) is 5.60. The monoisotopic (exact) mass is 212 g/mol. The second kappa shape index (κ2) is 4.40. The third-order valence-corrected chi connectivity index (χ3v) is 3.99. The molecule has 3 nitrogen and oxygen atoms in total. The normalized spacial score (nSPS) is 36.2. The van der Waals surface area contributed by atoms with Gasteiger partial charge in [0.05, 0.1) is 12.7 Å². The zero-order valence-corrected chi connectivity index (χ0v) is 10.3. The highest BCUT2D eigenvalue weighted by molar-refractivity contribution is 4.94. The Kier molecular flexibility index (Phi) is 3.33. The summed E-state index contributed by atoms with van der Waals surface area (Å²) in [5, 5.41) is 3.46. The highest BCUT2D eigenvalue weighted by Gasteiger charge is 2.42. The number of likely N-dealkylation sites (N-methyl/N-ethyl adjacent to an activating group) is 1. The van der Waals surface area contributed by atoms with Gasteiger partial charge >= 0.3 is 0 Å². The summed E-state index contributed by atoms with van der Waals surface area (Å²) < 4.78 is 5.93. The smallest absolute Gasteiger partial charge is 0.0708 e. The number of ether oxygens (including phenoxy) is 1. The highest BCUT2D eigenvalue weighted by atomic mass is 16.5. The zero-order valence-electron chi connectivity index (χ0n) is 10.3. The average molecular weight is 212 g/mol. The van der Waals surface area contributed by atoms with Gasteiger partial charge in [-0.1, -0.05) is 0 Å². The van der Waals surface area contributed by atoms with Crippen LogP contribution in [-0.2, 0) is 4.74 Å². The molecule has 0 saturated carbocycles. The number of hydrogen-bond acceptors (Lipinski definition) is 3. The van der Waals surface area contributed by atoms with Gasteiger partial charge < -0.3 is 15.0 Å². The van der Waals surface area contributed by atoms with Crippen LogP contribution in [-0.4, -0.2) is 50.3 Å². The molecule has 0 aromatic carbocycles. The van der Waals surface area contributed by atoms with Gasteiger partial charge in [0.15, 0.2) is 0 Å². The Morgan fingerprint density at radius 2 is 2.33 bits per heavy atom. The molecule has 2 heterocycles. The van der Waals surface area contributed by atoms with Crippen LogP contribution in [0, 0.1) is 5.41 Å². The van der Waals surface area contributed by atoms with E-state index >= 15 is 0 Å². The van der Waals surface area contributed by atoms with E-state index in [2.05, 4.69) is 31.1 Å². The van der Waals surface area contributed by atoms with E-state index in [0.29, 0.717) is 17.6 Å². The number of hydrogen-bond donors (Lipinski definition) is 1. The van der Waals surface area contributed by atoms with Gasteiger partial charge in [0.2, 0.25) is 0 Å². The van der Waals surface area contributed by atoms with Gasteiger partial charge in [0.25, 0.3) is 0 Å². The van der Waals surface area contributed by atoms with Crippen molar-refractivity contribution in [2.24, 2.45) is 5.41 Å². The van der Waals surface area contributed by atoms with E-state index in [9.17, 15) is 0 Å². The molecule has 0 amide bonds. The van der Waals surface area contributed by atoms with Gasteiger partial charge in [-0.2, -0.15) is 0 Å². The van der Waals surface area contributed by atoms with Crippen LogP contribution < -0.4 is 5.32 Å². The van der Waals surface area contributed by atoms with E-state index in [1.165, 1.54) is 19.4 Å². The molecule has 3 heteroatoms. The first-order valence-electron chi connectivity index (χ1n) is 6.14. The summed E-state index contributed by atoms with van der Waals surface area (Å²) in [6.45, 7) is 8.87. The summed E-state index contributed by atoms with van der Waals surface area (Å²) in [5.74, 6) is 0. The Balaban J connectivity index is 1.82. The summed E-state index contributed by atoms with van der Waals surface area (Å²) >= 11 is 0. The molecule has 15 heavy (non-hydrogen) atoms. The largest absolute Gasteiger partial charge is 0.376 e. The minimum Gasteiger partial charge on any atom is -0.376 e. The Bertz CT molecular complexity index is 212. The summed E-state index contributed by atoms with van der Waals surface area (Å²) in [7, 11) is 2.19. The Morgan fingerprint density at radius 1 is 1.53 bits per heavy atom. The lowest BCUT2D eigenvalue weighted by Gasteiger charge is -2.25. The van der Waals surface area contributed by atoms with Crippen molar-refractivity contribution in [3.63, 3.8) is 0 Å². The number of rotatable bonds is 3. The molecule has 2 atom stereocenters. The topological polar surface area (TPSA) is 24.5 Å². The van der Waals surface area contributed by atoms with E-state index in [1.807, 2.05) is 0 Å². The fourth-order valence-electron chi connectivity index (χ4n) is 2.64. The van der Waals surface area contributed by atoms with E-state index in [1.54, 1.807) is 0 Å². The zero-order chi connectivity index (χ0) is 10.9. The second-order valence-corrected chi connectivity index (χ2v) is 5.60. The van der Waals surface area contributed by atoms with Crippen molar-refractivity contribution >= 4 is 0 Å². The predicted octanol–water partition coefficient (Wildman–Crippen LogP) is 1.10. The summed E-state index contributed by atoms with van der Waals surface area (Å²) in [6.07, 6.45) is 3.00. The van der Waals surface area contributed by atoms with Crippen molar-refractivity contribution in [3.05, 3.63) is 0 Å². The van der Waals surface area contributed by atoms with Crippen molar-refractivity contribution in [1.29, 1.82) is 0 Å². The molecule has 2 saturated heterocycles. The lowest BCUT2D eigenvalue weighted by molar-refractivity contribution is 0.0661. The fraction of sp³-hybridized carbons (Fsp3) is 1.00. The van der Waals surface area contributed by atoms with Crippen molar-refractivity contribution in [1.82, 2.24) is 10.2 Å². The maximum Gasteiger partial charge on any atom is 0.0708 e. The molecule has 0 bridgehead atoms. The van der Waals surface area contributed by atoms with Crippen molar-refractivity contribution < 1.29 is 4.74 Å². The van der Waals surface area contributed by atoms with Gasteiger partial charge in [-0.15, -0.1) is 0 Å². The molecule has 1 N–H and O–H groups in total. The molecule has 0 aliphatic carbocycles. The number of nitrogens with one attached hydrogen (secondary N) is 1. The Hall–Kier alpha value is -0.120. The van der Waals surface area contributed by atoms with Crippen LogP contribution in [0.25, 0.3) is 0 Å². The van der Waals surface area contributed by atoms with Crippen LogP contribution in [0.4, 0.5) is 0 Å². The van der Waals surface area contributed by atoms with Crippen LogP contribution >= 0.6 is 0 Å². The Labute approximate surface area is 93.2 Å². The maximum atomic E-state index is 5.93. The maximum absolute atomic E-state index is 5.93. The van der Waals surface area contributed by atoms with E-state index in [4.69, 9.17) is 4.74 Å². The molecular formula is C12H24N2O. The first-order valence-corrected chi connectivity index (χ1v) is 6.14. The molecule has 0 aromatic rings. The molecule has 2 aliphatic heterocycles. The minimum absolute atomic E-state index is 0.456. The van der Waals surface area contributed by atoms with E-state index in [-0.39, 0.29) is 0 Å². The first-order chi connectivity index (χ1) is 7.11. The number of nitrogens with zero attached hydrogens (tertiary/aromatic N) is 1. The van der Waals surface area contributed by atoms with Gasteiger partial charge in [-0.3, -0.25) is 0 Å². The quantitative estimate of drug-likeness (QED) is 0.758. The molecule has 2 aliphatic rings. The minimum atomic E-state index is 0.456. The van der Waals surface area contributed by atoms with Crippen LogP contribution in [0.2, 0.25) is 0 Å². The molecule has 88 valence electrons. The summed E-state index contributed by atoms with van der Waals surface area (Å²) in [6, 6.07) is 0.617. The van der Waals surface area contributed by atoms with Gasteiger partial charge in [0, 0.05) is 24.5 Å². The predicted molar refractivity (Wildman–Crippen MR) is 62.0 cm³/mol. The van der Waals surface area contributed by atoms with E-state index in [0.717, 1.165) is 19.7 Å². The summed E-state index contributed by atoms with van der Waals surface area (Å²) in [4.78, 5) is 2.38. The molecule has 2 rings (SSSR count). The van der Waals surface area contributed by atoms with Gasteiger partial charge in [-0.05, 0) is 40.3 Å². The first kappa shape index (κ1) is 11.4. The fourth-order valence-corrected chi connectivity index (χ4v) is 2.64. The Morgan fingerprint density at radius 3 is 2.93 bits per heavy atom. The molecule has 0 radical (unpaired) electrons. The van der Waals surface area contributed by atoms with Crippen LogP contribution in [0.5, 0.6) is 0 Å². The average Bonchev–Trinajstić information content (AvgIpc) is 2.78. The van der Waals surface area contributed by atoms with Crippen LogP contribution in [0.1, 0.15) is 26.7 Å². The van der Waals surface area contributed by atoms with Crippen molar-refractivity contribution in [2.45, 2.75) is 38.8 Å². The summed E-state index contributed by atoms with van der Waals surface area (Å²) in [5.41, 5.74) is 0.475. The van der Waals surface area contributed by atoms with Gasteiger partial charge in [-0.25, -0.2) is 0 Å². The van der Waals surface area contributed by atoms with E-state index < -0.39 is 0 Å². The van der Waals surface area contributed by atoms with Crippen LogP contribution in [0.15, 0.2) is 0 Å². The van der Waals surface area contributed by atoms with Crippen LogP contribution in [0.3, 0.4) is 0 Å².